The van der Waals surface area contributed by atoms with Crippen LogP contribution in [-0.4, -0.2) is 29.8 Å². The molecule has 0 rings (SSSR count). The Morgan fingerprint density at radius 1 is 1.58 bits per heavy atom. The van der Waals surface area contributed by atoms with Crippen molar-refractivity contribution >= 4 is 5.97 Å². The van der Waals surface area contributed by atoms with E-state index in [1.54, 1.807) is 6.92 Å². The highest BCUT2D eigenvalue weighted by Gasteiger charge is 2.17. The van der Waals surface area contributed by atoms with Crippen molar-refractivity contribution in [2.24, 2.45) is 5.73 Å². The number of rotatable bonds is 5. The Bertz CT molecular complexity index is 138. The molecule has 0 saturated carbocycles. The summed E-state index contributed by atoms with van der Waals surface area (Å²) in [6.45, 7) is 3.89. The topological polar surface area (TPSA) is 72.5 Å². The fourth-order valence-electron chi connectivity index (χ4n) is 0.805. The van der Waals surface area contributed by atoms with E-state index in [9.17, 15) is 4.79 Å². The zero-order valence-corrected chi connectivity index (χ0v) is 7.62. The second kappa shape index (κ2) is 5.97. The fraction of sp³-hybridized carbons (Fsp3) is 0.875. The zero-order valence-electron chi connectivity index (χ0n) is 7.62. The number of aliphatic hydroxyl groups is 1. The average molecular weight is 175 g/mol. The van der Waals surface area contributed by atoms with Gasteiger partial charge in [-0.05, 0) is 19.8 Å². The minimum atomic E-state index is -0.695. The fourth-order valence-corrected chi connectivity index (χ4v) is 0.805. The Kier molecular flexibility index (Phi) is 5.66. The van der Waals surface area contributed by atoms with Gasteiger partial charge in [-0.3, -0.25) is 4.79 Å². The van der Waals surface area contributed by atoms with Gasteiger partial charge in [0.25, 0.3) is 0 Å². The molecule has 0 aliphatic rings. The third kappa shape index (κ3) is 4.31. The molecule has 2 unspecified atom stereocenters. The van der Waals surface area contributed by atoms with Crippen LogP contribution in [0, 0.1) is 0 Å². The summed E-state index contributed by atoms with van der Waals surface area (Å²) in [6.07, 6.45) is 0.368. The van der Waals surface area contributed by atoms with Crippen LogP contribution in [0.25, 0.3) is 0 Å². The zero-order chi connectivity index (χ0) is 9.56. The highest BCUT2D eigenvalue weighted by Crippen LogP contribution is 2.01. The van der Waals surface area contributed by atoms with Crippen LogP contribution >= 0.6 is 0 Å². The second-order valence-corrected chi connectivity index (χ2v) is 2.66. The van der Waals surface area contributed by atoms with E-state index in [4.69, 9.17) is 10.8 Å². The molecule has 0 saturated heterocycles. The third-order valence-corrected chi connectivity index (χ3v) is 1.59. The summed E-state index contributed by atoms with van der Waals surface area (Å²) in [5.41, 5.74) is 5.45. The van der Waals surface area contributed by atoms with Gasteiger partial charge in [-0.1, -0.05) is 6.92 Å². The first-order chi connectivity index (χ1) is 5.61. The van der Waals surface area contributed by atoms with Crippen LogP contribution in [-0.2, 0) is 9.53 Å². The van der Waals surface area contributed by atoms with Crippen molar-refractivity contribution < 1.29 is 14.6 Å². The standard InChI is InChI=1S/C8H17NO3/c1-3-6(10)5-7(9)8(11)12-4-2/h6-7,10H,3-5,9H2,1-2H3. The van der Waals surface area contributed by atoms with Crippen molar-refractivity contribution in [3.8, 4) is 0 Å². The molecule has 0 radical (unpaired) electrons. The Hall–Kier alpha value is -0.610. The van der Waals surface area contributed by atoms with E-state index in [2.05, 4.69) is 4.74 Å². The Labute approximate surface area is 72.7 Å². The maximum atomic E-state index is 10.9. The lowest BCUT2D eigenvalue weighted by atomic mass is 10.1. The minimum Gasteiger partial charge on any atom is -0.465 e. The molecule has 0 fully saturated rings. The molecule has 3 N–H and O–H groups in total. The van der Waals surface area contributed by atoms with E-state index in [0.717, 1.165) is 0 Å². The van der Waals surface area contributed by atoms with E-state index in [1.165, 1.54) is 0 Å². The Morgan fingerprint density at radius 2 is 2.17 bits per heavy atom. The first kappa shape index (κ1) is 11.4. The number of aliphatic hydroxyl groups excluding tert-OH is 1. The van der Waals surface area contributed by atoms with Crippen molar-refractivity contribution in [2.45, 2.75) is 38.8 Å². The molecule has 0 heterocycles. The predicted octanol–water partition coefficient (Wildman–Crippen LogP) is 0.0378. The summed E-state index contributed by atoms with van der Waals surface area (Å²) >= 11 is 0. The molecule has 4 nitrogen and oxygen atoms in total. The van der Waals surface area contributed by atoms with E-state index >= 15 is 0 Å². The average Bonchev–Trinajstić information content (AvgIpc) is 2.04. The van der Waals surface area contributed by atoms with Gasteiger partial charge in [-0.15, -0.1) is 0 Å². The van der Waals surface area contributed by atoms with Crippen molar-refractivity contribution in [1.82, 2.24) is 0 Å². The summed E-state index contributed by atoms with van der Waals surface area (Å²) in [5.74, 6) is -0.440. The molecule has 0 aromatic heterocycles. The summed E-state index contributed by atoms with van der Waals surface area (Å²) in [7, 11) is 0. The van der Waals surface area contributed by atoms with Gasteiger partial charge in [0.2, 0.25) is 0 Å². The molecule has 0 bridgehead atoms. The van der Waals surface area contributed by atoms with Crippen molar-refractivity contribution in [1.29, 1.82) is 0 Å². The van der Waals surface area contributed by atoms with E-state index in [-0.39, 0.29) is 6.42 Å². The van der Waals surface area contributed by atoms with Crippen LogP contribution < -0.4 is 5.73 Å². The van der Waals surface area contributed by atoms with E-state index in [0.29, 0.717) is 13.0 Å². The van der Waals surface area contributed by atoms with Gasteiger partial charge in [0, 0.05) is 0 Å². The molecular formula is C8H17NO3. The van der Waals surface area contributed by atoms with Gasteiger partial charge in [0.1, 0.15) is 6.04 Å². The van der Waals surface area contributed by atoms with Crippen molar-refractivity contribution in [3.05, 3.63) is 0 Å². The minimum absolute atomic E-state index is 0.273. The van der Waals surface area contributed by atoms with Crippen LogP contribution in [0.4, 0.5) is 0 Å². The predicted molar refractivity (Wildman–Crippen MR) is 45.5 cm³/mol. The maximum Gasteiger partial charge on any atom is 0.322 e. The summed E-state index contributed by atoms with van der Waals surface area (Å²) in [5, 5.41) is 9.16. The molecule has 0 spiro atoms. The first-order valence-electron chi connectivity index (χ1n) is 4.22. The van der Waals surface area contributed by atoms with Gasteiger partial charge >= 0.3 is 5.97 Å². The molecule has 4 heteroatoms. The van der Waals surface area contributed by atoms with E-state index < -0.39 is 18.1 Å². The first-order valence-corrected chi connectivity index (χ1v) is 4.22. The third-order valence-electron chi connectivity index (χ3n) is 1.59. The van der Waals surface area contributed by atoms with Gasteiger partial charge in [-0.25, -0.2) is 0 Å². The number of nitrogens with two attached hydrogens (primary N) is 1. The van der Waals surface area contributed by atoms with Crippen LogP contribution in [0.15, 0.2) is 0 Å². The van der Waals surface area contributed by atoms with Crippen LogP contribution in [0.5, 0.6) is 0 Å². The quantitative estimate of drug-likeness (QED) is 0.578. The second-order valence-electron chi connectivity index (χ2n) is 2.66. The van der Waals surface area contributed by atoms with E-state index in [1.807, 2.05) is 6.92 Å². The molecule has 0 aromatic rings. The van der Waals surface area contributed by atoms with Crippen molar-refractivity contribution in [2.75, 3.05) is 6.61 Å². The van der Waals surface area contributed by atoms with Crippen LogP contribution in [0.1, 0.15) is 26.7 Å². The van der Waals surface area contributed by atoms with Gasteiger partial charge in [0.15, 0.2) is 0 Å². The van der Waals surface area contributed by atoms with Crippen LogP contribution in [0.3, 0.4) is 0 Å². The molecular weight excluding hydrogens is 158 g/mol. The lowest BCUT2D eigenvalue weighted by Crippen LogP contribution is -2.35. The number of carbonyl (C=O) groups is 1. The van der Waals surface area contributed by atoms with Crippen LogP contribution in [0.2, 0.25) is 0 Å². The smallest absolute Gasteiger partial charge is 0.322 e. The number of hydrogen-bond acceptors (Lipinski definition) is 4. The number of hydrogen-bond donors (Lipinski definition) is 2. The Morgan fingerprint density at radius 3 is 2.58 bits per heavy atom. The lowest BCUT2D eigenvalue weighted by molar-refractivity contribution is -0.145. The normalized spacial score (nSPS) is 15.3. The number of carbonyl (C=O) groups excluding carboxylic acids is 1. The molecule has 0 aromatic carbocycles. The number of ether oxygens (including phenoxy) is 1. The lowest BCUT2D eigenvalue weighted by Gasteiger charge is -2.13. The molecule has 0 aliphatic carbocycles. The highest BCUT2D eigenvalue weighted by atomic mass is 16.5. The largest absolute Gasteiger partial charge is 0.465 e. The van der Waals surface area contributed by atoms with Gasteiger partial charge < -0.3 is 15.6 Å². The number of esters is 1. The monoisotopic (exact) mass is 175 g/mol. The molecule has 0 aliphatic heterocycles. The Balaban J connectivity index is 3.70. The molecule has 72 valence electrons. The summed E-state index contributed by atoms with van der Waals surface area (Å²) in [6, 6.07) is -0.695. The SMILES string of the molecule is CCOC(=O)C(N)CC(O)CC. The van der Waals surface area contributed by atoms with Gasteiger partial charge in [0.05, 0.1) is 12.7 Å². The summed E-state index contributed by atoms with van der Waals surface area (Å²) in [4.78, 5) is 10.9. The molecule has 2 atom stereocenters. The van der Waals surface area contributed by atoms with Crippen molar-refractivity contribution in [3.63, 3.8) is 0 Å². The maximum absolute atomic E-state index is 10.9. The molecule has 12 heavy (non-hydrogen) atoms. The molecule has 0 amide bonds. The van der Waals surface area contributed by atoms with Gasteiger partial charge in [-0.2, -0.15) is 0 Å². The summed E-state index contributed by atoms with van der Waals surface area (Å²) < 4.78 is 4.67. The highest BCUT2D eigenvalue weighted by molar-refractivity contribution is 5.75.